The van der Waals surface area contributed by atoms with Crippen molar-refractivity contribution in [3.63, 3.8) is 0 Å². The minimum Gasteiger partial charge on any atom is -0.352 e. The molecule has 0 aromatic heterocycles. The summed E-state index contributed by atoms with van der Waals surface area (Å²) in [5.74, 6) is -0.0745. The summed E-state index contributed by atoms with van der Waals surface area (Å²) in [6, 6.07) is 15.6. The monoisotopic (exact) mass is 270 g/mol. The smallest absolute Gasteiger partial charge is 0.269 e. The molecule has 102 valence electrons. The SMILES string of the molecule is O=C(Cc1ccccc1)NCc1ccc([N+](=O)[O-])cc1. The van der Waals surface area contributed by atoms with E-state index in [1.807, 2.05) is 30.3 Å². The summed E-state index contributed by atoms with van der Waals surface area (Å²) in [5.41, 5.74) is 1.83. The maximum Gasteiger partial charge on any atom is 0.269 e. The molecule has 0 unspecified atom stereocenters. The van der Waals surface area contributed by atoms with Crippen molar-refractivity contribution >= 4 is 11.6 Å². The van der Waals surface area contributed by atoms with Crippen molar-refractivity contribution in [3.05, 3.63) is 75.8 Å². The van der Waals surface area contributed by atoms with Gasteiger partial charge in [0.2, 0.25) is 5.91 Å². The number of carbonyl (C=O) groups is 1. The molecule has 0 bridgehead atoms. The molecule has 2 aromatic rings. The van der Waals surface area contributed by atoms with E-state index in [-0.39, 0.29) is 11.6 Å². The number of nitrogens with zero attached hydrogens (tertiary/aromatic N) is 1. The third-order valence-electron chi connectivity index (χ3n) is 2.84. The number of carbonyl (C=O) groups excluding carboxylic acids is 1. The van der Waals surface area contributed by atoms with Crippen LogP contribution >= 0.6 is 0 Å². The van der Waals surface area contributed by atoms with Gasteiger partial charge in [-0.05, 0) is 11.1 Å². The van der Waals surface area contributed by atoms with E-state index in [0.717, 1.165) is 11.1 Å². The third kappa shape index (κ3) is 3.91. The Morgan fingerprint density at radius 2 is 1.65 bits per heavy atom. The Bertz CT molecular complexity index is 594. The van der Waals surface area contributed by atoms with E-state index in [4.69, 9.17) is 0 Å². The largest absolute Gasteiger partial charge is 0.352 e. The molecule has 0 spiro atoms. The molecule has 0 saturated carbocycles. The van der Waals surface area contributed by atoms with E-state index < -0.39 is 4.92 Å². The fraction of sp³-hybridized carbons (Fsp3) is 0.133. The van der Waals surface area contributed by atoms with E-state index >= 15 is 0 Å². The van der Waals surface area contributed by atoms with Crippen molar-refractivity contribution in [3.8, 4) is 0 Å². The van der Waals surface area contributed by atoms with E-state index in [0.29, 0.717) is 13.0 Å². The lowest BCUT2D eigenvalue weighted by Gasteiger charge is -2.05. The zero-order valence-electron chi connectivity index (χ0n) is 10.8. The van der Waals surface area contributed by atoms with Gasteiger partial charge >= 0.3 is 0 Å². The second kappa shape index (κ2) is 6.47. The van der Waals surface area contributed by atoms with Crippen molar-refractivity contribution in [1.29, 1.82) is 0 Å². The lowest BCUT2D eigenvalue weighted by atomic mass is 10.1. The molecule has 0 aliphatic heterocycles. The van der Waals surface area contributed by atoms with E-state index in [1.54, 1.807) is 12.1 Å². The summed E-state index contributed by atoms with van der Waals surface area (Å²) in [6.07, 6.45) is 0.327. The lowest BCUT2D eigenvalue weighted by molar-refractivity contribution is -0.384. The average molecular weight is 270 g/mol. The van der Waals surface area contributed by atoms with Gasteiger partial charge < -0.3 is 5.32 Å². The number of amides is 1. The van der Waals surface area contributed by atoms with Crippen LogP contribution in [-0.4, -0.2) is 10.8 Å². The molecule has 0 aliphatic carbocycles. The molecule has 0 heterocycles. The molecule has 2 aromatic carbocycles. The van der Waals surface area contributed by atoms with Gasteiger partial charge in [0.1, 0.15) is 0 Å². The fourth-order valence-electron chi connectivity index (χ4n) is 1.78. The number of nitrogens with one attached hydrogen (secondary N) is 1. The number of hydrogen-bond donors (Lipinski definition) is 1. The predicted molar refractivity (Wildman–Crippen MR) is 75.1 cm³/mol. The number of nitro benzene ring substituents is 1. The number of rotatable bonds is 5. The highest BCUT2D eigenvalue weighted by Gasteiger charge is 2.05. The Morgan fingerprint density at radius 1 is 1.00 bits per heavy atom. The first-order valence-electron chi connectivity index (χ1n) is 6.19. The summed E-state index contributed by atoms with van der Waals surface area (Å²) >= 11 is 0. The molecule has 0 atom stereocenters. The molecule has 0 saturated heterocycles. The topological polar surface area (TPSA) is 72.2 Å². The Hall–Kier alpha value is -2.69. The maximum atomic E-state index is 11.7. The van der Waals surface area contributed by atoms with Gasteiger partial charge in [-0.15, -0.1) is 0 Å². The molecule has 5 nitrogen and oxygen atoms in total. The Morgan fingerprint density at radius 3 is 2.25 bits per heavy atom. The second-order valence-corrected chi connectivity index (χ2v) is 4.36. The van der Waals surface area contributed by atoms with Gasteiger partial charge in [-0.2, -0.15) is 0 Å². The molecule has 5 heteroatoms. The van der Waals surface area contributed by atoms with Crippen LogP contribution in [0.25, 0.3) is 0 Å². The van der Waals surface area contributed by atoms with Gasteiger partial charge in [-0.25, -0.2) is 0 Å². The molecular weight excluding hydrogens is 256 g/mol. The summed E-state index contributed by atoms with van der Waals surface area (Å²) in [6.45, 7) is 0.365. The predicted octanol–water partition coefficient (Wildman–Crippen LogP) is 2.45. The second-order valence-electron chi connectivity index (χ2n) is 4.36. The van der Waals surface area contributed by atoms with Gasteiger partial charge in [0, 0.05) is 18.7 Å². The number of hydrogen-bond acceptors (Lipinski definition) is 3. The van der Waals surface area contributed by atoms with E-state index in [9.17, 15) is 14.9 Å². The summed E-state index contributed by atoms with van der Waals surface area (Å²) in [7, 11) is 0. The molecule has 1 N–H and O–H groups in total. The third-order valence-corrected chi connectivity index (χ3v) is 2.84. The van der Waals surface area contributed by atoms with Crippen molar-refractivity contribution in [1.82, 2.24) is 5.32 Å². The maximum absolute atomic E-state index is 11.7. The first-order chi connectivity index (χ1) is 9.65. The van der Waals surface area contributed by atoms with Crippen LogP contribution in [0.2, 0.25) is 0 Å². The van der Waals surface area contributed by atoms with Crippen molar-refractivity contribution in [2.45, 2.75) is 13.0 Å². The summed E-state index contributed by atoms with van der Waals surface area (Å²) in [5, 5.41) is 13.3. The highest BCUT2D eigenvalue weighted by Crippen LogP contribution is 2.11. The first kappa shape index (κ1) is 13.7. The number of nitro groups is 1. The van der Waals surface area contributed by atoms with Gasteiger partial charge in [-0.1, -0.05) is 42.5 Å². The van der Waals surface area contributed by atoms with Crippen LogP contribution in [0.1, 0.15) is 11.1 Å². The Labute approximate surface area is 116 Å². The molecule has 0 aliphatic rings. The Kier molecular flexibility index (Phi) is 4.44. The van der Waals surface area contributed by atoms with Crippen LogP contribution in [0.3, 0.4) is 0 Å². The zero-order chi connectivity index (χ0) is 14.4. The first-order valence-corrected chi connectivity index (χ1v) is 6.19. The molecular formula is C15H14N2O3. The van der Waals surface area contributed by atoms with Crippen LogP contribution in [0.4, 0.5) is 5.69 Å². The fourth-order valence-corrected chi connectivity index (χ4v) is 1.78. The van der Waals surface area contributed by atoms with Crippen LogP contribution in [0.15, 0.2) is 54.6 Å². The van der Waals surface area contributed by atoms with Crippen molar-refractivity contribution < 1.29 is 9.72 Å². The van der Waals surface area contributed by atoms with Crippen molar-refractivity contribution in [2.24, 2.45) is 0 Å². The van der Waals surface area contributed by atoms with Crippen LogP contribution in [0.5, 0.6) is 0 Å². The standard InChI is InChI=1S/C15H14N2O3/c18-15(10-12-4-2-1-3-5-12)16-11-13-6-8-14(9-7-13)17(19)20/h1-9H,10-11H2,(H,16,18). The van der Waals surface area contributed by atoms with E-state index in [1.165, 1.54) is 12.1 Å². The van der Waals surface area contributed by atoms with Gasteiger partial charge in [-0.3, -0.25) is 14.9 Å². The average Bonchev–Trinajstić information content (AvgIpc) is 2.46. The van der Waals surface area contributed by atoms with Crippen LogP contribution in [0, 0.1) is 10.1 Å². The van der Waals surface area contributed by atoms with Crippen LogP contribution < -0.4 is 5.32 Å². The minimum absolute atomic E-state index is 0.0457. The van der Waals surface area contributed by atoms with E-state index in [2.05, 4.69) is 5.32 Å². The van der Waals surface area contributed by atoms with Gasteiger partial charge in [0.05, 0.1) is 11.3 Å². The number of non-ortho nitro benzene ring substituents is 1. The zero-order valence-corrected chi connectivity index (χ0v) is 10.8. The highest BCUT2D eigenvalue weighted by molar-refractivity contribution is 5.78. The molecule has 0 fully saturated rings. The number of benzene rings is 2. The molecule has 0 radical (unpaired) electrons. The molecule has 20 heavy (non-hydrogen) atoms. The van der Waals surface area contributed by atoms with Crippen molar-refractivity contribution in [2.75, 3.05) is 0 Å². The Balaban J connectivity index is 1.85. The molecule has 2 rings (SSSR count). The highest BCUT2D eigenvalue weighted by atomic mass is 16.6. The summed E-state index contributed by atoms with van der Waals surface area (Å²) < 4.78 is 0. The summed E-state index contributed by atoms with van der Waals surface area (Å²) in [4.78, 5) is 21.8. The quantitative estimate of drug-likeness (QED) is 0.670. The van der Waals surface area contributed by atoms with Crippen LogP contribution in [-0.2, 0) is 17.8 Å². The minimum atomic E-state index is -0.447. The van der Waals surface area contributed by atoms with Gasteiger partial charge in [0.25, 0.3) is 5.69 Å². The normalized spacial score (nSPS) is 10.0. The lowest BCUT2D eigenvalue weighted by Crippen LogP contribution is -2.24. The van der Waals surface area contributed by atoms with Gasteiger partial charge in [0.15, 0.2) is 0 Å². The molecule has 1 amide bonds.